The van der Waals surface area contributed by atoms with Gasteiger partial charge in [0.15, 0.2) is 0 Å². The third kappa shape index (κ3) is 12.3. The van der Waals surface area contributed by atoms with Gasteiger partial charge >= 0.3 is 0 Å². The number of aromatic nitrogens is 4. The molecule has 40 heteroatoms. The summed E-state index contributed by atoms with van der Waals surface area (Å²) in [4.78, 5) is 103. The fourth-order valence-corrected chi connectivity index (χ4v) is 5.62. The minimum absolute atomic E-state index is 0. The van der Waals surface area contributed by atoms with E-state index in [1.54, 1.807) is 0 Å². The quantitative estimate of drug-likeness (QED) is 0.0558. The van der Waals surface area contributed by atoms with Gasteiger partial charge in [0.25, 0.3) is 56.9 Å². The molecule has 38 nitrogen and oxygen atoms in total. The summed E-state index contributed by atoms with van der Waals surface area (Å²) in [5.41, 5.74) is -12.7. The monoisotopic (exact) mass is 1080 g/mol. The van der Waals surface area contributed by atoms with E-state index in [4.69, 9.17) is 0 Å². The van der Waals surface area contributed by atoms with E-state index < -0.39 is 151 Å². The summed E-state index contributed by atoms with van der Waals surface area (Å²) in [5.74, 6) is 0. The molecular formula is C30H20Cu2N18O20-6. The Bertz CT molecular complexity index is 2700. The number of hydrogen-bond acceptors (Lipinski definition) is 22. The molecule has 2 heterocycles. The molecule has 0 fully saturated rings. The van der Waals surface area contributed by atoms with Gasteiger partial charge in [0.2, 0.25) is 0 Å². The first-order valence-electron chi connectivity index (χ1n) is 16.1. The second kappa shape index (κ2) is 24.6. The number of hydrogen-bond donors (Lipinski definition) is 0. The zero-order chi connectivity index (χ0) is 47.5. The normalized spacial score (nSPS) is 9.60. The van der Waals surface area contributed by atoms with Gasteiger partial charge in [-0.3, -0.25) is 101 Å². The average molecular weight is 1080 g/mol. The minimum atomic E-state index is -1.04. The van der Waals surface area contributed by atoms with E-state index in [2.05, 4.69) is 20.4 Å². The minimum Gasteiger partial charge on any atom is -0.693 e. The maximum atomic E-state index is 11.7. The Labute approximate surface area is 403 Å². The first-order chi connectivity index (χ1) is 30.0. The van der Waals surface area contributed by atoms with E-state index in [1.165, 1.54) is 0 Å². The van der Waals surface area contributed by atoms with Crippen LogP contribution in [-0.2, 0) is 34.1 Å². The van der Waals surface area contributed by atoms with Crippen molar-refractivity contribution in [2.75, 3.05) is 0 Å². The molecule has 70 heavy (non-hydrogen) atoms. The summed E-state index contributed by atoms with van der Waals surface area (Å²) < 4.78 is 0. The van der Waals surface area contributed by atoms with Crippen LogP contribution in [0, 0.1) is 101 Å². The summed E-state index contributed by atoms with van der Waals surface area (Å²) in [5, 5.41) is 127. The van der Waals surface area contributed by atoms with E-state index in [0.717, 1.165) is 48.5 Å². The standard InChI is InChI=1S/2C15H6N7O10.2Cu.4H2N/c2*23-18(24)7-1-3-9(11(5-7)20(27)28)13-15(22(31)32)14(17-16-13)10-4-2-8(19(25)26)6-12(10)21(29)30;;;;;;/h2*1-6H;;;4*1H2/q2*-1;;;4*-1. The molecule has 0 bridgehead atoms. The van der Waals surface area contributed by atoms with Gasteiger partial charge < -0.3 is 45.0 Å². The topological polar surface area (TPSA) is 619 Å². The molecule has 0 unspecified atom stereocenters. The van der Waals surface area contributed by atoms with Crippen LogP contribution in [0.5, 0.6) is 0 Å². The van der Waals surface area contributed by atoms with E-state index in [9.17, 15) is 101 Å². The number of non-ortho nitro benzene ring substituents is 4. The van der Waals surface area contributed by atoms with Gasteiger partial charge in [-0.05, 0) is 35.7 Å². The molecule has 0 aliphatic rings. The number of nitro groups is 10. The van der Waals surface area contributed by atoms with Crippen molar-refractivity contribution in [2.45, 2.75) is 0 Å². The van der Waals surface area contributed by atoms with Crippen LogP contribution in [0.2, 0.25) is 0 Å². The number of nitro benzene ring substituents is 8. The van der Waals surface area contributed by atoms with Crippen LogP contribution in [0.25, 0.3) is 69.6 Å². The average Bonchev–Trinajstić information content (AvgIpc) is 3.89. The summed E-state index contributed by atoms with van der Waals surface area (Å²) >= 11 is 0. The molecule has 378 valence electrons. The van der Waals surface area contributed by atoms with Gasteiger partial charge in [-0.25, -0.2) is 0 Å². The smallest absolute Gasteiger partial charge is 0.285 e. The number of nitrogens with two attached hydrogens (primary N) is 4. The second-order valence-corrected chi connectivity index (χ2v) is 11.9. The van der Waals surface area contributed by atoms with Crippen molar-refractivity contribution in [1.29, 1.82) is 0 Å². The molecule has 6 aromatic rings. The van der Waals surface area contributed by atoms with E-state index in [-0.39, 0.29) is 58.7 Å². The zero-order valence-electron chi connectivity index (χ0n) is 33.3. The van der Waals surface area contributed by atoms with Crippen LogP contribution in [-0.4, -0.2) is 59.4 Å². The van der Waals surface area contributed by atoms with Crippen molar-refractivity contribution in [1.82, 2.24) is 20.4 Å². The molecule has 0 saturated carbocycles. The third-order valence-electron chi connectivity index (χ3n) is 8.34. The Morgan fingerprint density at radius 2 is 0.529 bits per heavy atom. The van der Waals surface area contributed by atoms with Crippen molar-refractivity contribution < 1.29 is 83.4 Å². The molecule has 0 atom stereocenters. The largest absolute Gasteiger partial charge is 0.693 e. The van der Waals surface area contributed by atoms with Gasteiger partial charge in [0, 0.05) is 69.5 Å². The van der Waals surface area contributed by atoms with Crippen molar-refractivity contribution in [3.05, 3.63) is 199 Å². The van der Waals surface area contributed by atoms with E-state index >= 15 is 0 Å². The van der Waals surface area contributed by atoms with Gasteiger partial charge in [-0.15, -0.1) is 0 Å². The first kappa shape index (κ1) is 62.3. The molecule has 4 aromatic carbocycles. The number of rotatable bonds is 14. The number of benzene rings is 4. The van der Waals surface area contributed by atoms with Crippen molar-refractivity contribution in [2.24, 2.45) is 0 Å². The summed E-state index contributed by atoms with van der Waals surface area (Å²) in [6.07, 6.45) is 0. The van der Waals surface area contributed by atoms with Gasteiger partial charge in [-0.1, -0.05) is 0 Å². The van der Waals surface area contributed by atoms with Crippen molar-refractivity contribution in [3.63, 3.8) is 0 Å². The molecule has 8 N–H and O–H groups in total. The fraction of sp³-hybridized carbons (Fsp3) is 0. The van der Waals surface area contributed by atoms with E-state index in [0.29, 0.717) is 24.3 Å². The molecule has 0 saturated heterocycles. The number of nitrogens with zero attached hydrogens (tertiary/aromatic N) is 14. The SMILES string of the molecule is O=[N+]([O-])c1ccc(-c2n[n-]c(-c3ccc([N+](=O)[O-])cc3[N+](=O)[O-])c2[N+](=O)[O-])c([N+](=O)[O-])c1.O=[N+]([O-])c1ccc(-c2n[n-]c(-c3ccc([N+](=O)[O-])cc3[N+](=O)[O-])c2[N+](=O)[O-])c([N+](=O)[O-])c1.[Cu].[Cu].[NH2-].[NH2-].[NH2-].[NH2-]. The molecule has 0 spiro atoms. The molecule has 2 aromatic heterocycles. The van der Waals surface area contributed by atoms with Crippen molar-refractivity contribution >= 4 is 56.9 Å². The molecule has 6 rings (SSSR count). The van der Waals surface area contributed by atoms with Crippen LogP contribution in [0.15, 0.2) is 72.8 Å². The zero-order valence-corrected chi connectivity index (χ0v) is 35.1. The van der Waals surface area contributed by atoms with Crippen LogP contribution in [0.3, 0.4) is 0 Å². The third-order valence-corrected chi connectivity index (χ3v) is 8.34. The maximum Gasteiger partial charge on any atom is 0.285 e. The first-order valence-corrected chi connectivity index (χ1v) is 16.1. The molecular weight excluding hydrogens is 1060 g/mol. The Kier molecular flexibility index (Phi) is 21.9. The van der Waals surface area contributed by atoms with E-state index in [1.807, 2.05) is 0 Å². The summed E-state index contributed by atoms with van der Waals surface area (Å²) in [6, 6.07) is 9.16. The Morgan fingerprint density at radius 1 is 0.314 bits per heavy atom. The maximum absolute atomic E-state index is 11.7. The summed E-state index contributed by atoms with van der Waals surface area (Å²) in [7, 11) is 0. The van der Waals surface area contributed by atoms with Crippen LogP contribution in [0.4, 0.5) is 56.9 Å². The molecule has 0 aliphatic heterocycles. The Balaban J connectivity index is 0. The summed E-state index contributed by atoms with van der Waals surface area (Å²) in [6.45, 7) is 0. The van der Waals surface area contributed by atoms with Gasteiger partial charge in [0.05, 0.1) is 84.6 Å². The van der Waals surface area contributed by atoms with Gasteiger partial charge in [0.1, 0.15) is 11.4 Å². The predicted molar refractivity (Wildman–Crippen MR) is 225 cm³/mol. The van der Waals surface area contributed by atoms with Crippen molar-refractivity contribution in [3.8, 4) is 45.0 Å². The van der Waals surface area contributed by atoms with Crippen LogP contribution >= 0.6 is 0 Å². The Morgan fingerprint density at radius 3 is 0.729 bits per heavy atom. The fourth-order valence-electron chi connectivity index (χ4n) is 5.62. The van der Waals surface area contributed by atoms with Crippen LogP contribution in [0.1, 0.15) is 0 Å². The van der Waals surface area contributed by atoms with Gasteiger partial charge in [-0.2, -0.15) is 0 Å². The Hall–Kier alpha value is -9.82. The predicted octanol–water partition coefficient (Wildman–Crippen LogP) is 8.69. The molecule has 0 aliphatic carbocycles. The molecule has 0 amide bonds. The molecule has 2 radical (unpaired) electrons. The van der Waals surface area contributed by atoms with Crippen LogP contribution < -0.4 is 10.2 Å². The second-order valence-electron chi connectivity index (χ2n) is 11.9.